The second-order valence-electron chi connectivity index (χ2n) is 8.53. The molecule has 4 heterocycles. The molecule has 2 fully saturated rings. The Bertz CT molecular complexity index is 1010. The van der Waals surface area contributed by atoms with Gasteiger partial charge in [-0.1, -0.05) is 6.92 Å². The zero-order chi connectivity index (χ0) is 22.2. The fourth-order valence-electron chi connectivity index (χ4n) is 4.62. The quantitative estimate of drug-likeness (QED) is 0.447. The first kappa shape index (κ1) is 21.5. The maximum Gasteiger partial charge on any atom is 0.324 e. The van der Waals surface area contributed by atoms with Gasteiger partial charge >= 0.3 is 5.97 Å². The van der Waals surface area contributed by atoms with Gasteiger partial charge < -0.3 is 14.5 Å². The number of rotatable bonds is 5. The number of aromatic amines is 1. The molecule has 2 aliphatic rings. The van der Waals surface area contributed by atoms with E-state index in [1.807, 2.05) is 31.1 Å². The van der Waals surface area contributed by atoms with Crippen LogP contribution in [0, 0.1) is 11.8 Å². The predicted octanol–water partition coefficient (Wildman–Crippen LogP) is 2.63. The number of hydrogen-bond acceptors (Lipinski definition) is 7. The van der Waals surface area contributed by atoms with E-state index in [1.165, 1.54) is 0 Å². The normalized spacial score (nSPS) is 26.7. The minimum atomic E-state index is -1.21. The highest BCUT2D eigenvalue weighted by atomic mass is 16.6. The van der Waals surface area contributed by atoms with Crippen molar-refractivity contribution in [3.05, 3.63) is 35.8 Å². The van der Waals surface area contributed by atoms with Crippen LogP contribution in [0.2, 0.25) is 0 Å². The summed E-state index contributed by atoms with van der Waals surface area (Å²) in [6.45, 7) is 5.66. The number of likely N-dealkylation sites (tertiary alicyclic amines) is 1. The van der Waals surface area contributed by atoms with E-state index in [-0.39, 0.29) is 18.1 Å². The average Bonchev–Trinajstić information content (AvgIpc) is 3.29. The fraction of sp³-hybridized carbons (Fsp3) is 0.522. The van der Waals surface area contributed by atoms with E-state index in [0.29, 0.717) is 5.92 Å². The number of H-pyrrole nitrogens is 1. The van der Waals surface area contributed by atoms with Crippen molar-refractivity contribution in [3.63, 3.8) is 0 Å². The summed E-state index contributed by atoms with van der Waals surface area (Å²) in [5.74, 6) is -2.43. The van der Waals surface area contributed by atoms with Gasteiger partial charge in [0.2, 0.25) is 11.6 Å². The van der Waals surface area contributed by atoms with Crippen LogP contribution in [0.5, 0.6) is 0 Å². The number of carbonyl (C=O) groups excluding carboxylic acids is 2. The van der Waals surface area contributed by atoms with Gasteiger partial charge in [-0.25, -0.2) is 4.98 Å². The van der Waals surface area contributed by atoms with Gasteiger partial charge in [0.25, 0.3) is 0 Å². The summed E-state index contributed by atoms with van der Waals surface area (Å²) in [6.07, 6.45) is 7.16. The Kier molecular flexibility index (Phi) is 5.85. The van der Waals surface area contributed by atoms with E-state index in [2.05, 4.69) is 21.8 Å². The number of esters is 1. The molecule has 2 atom stereocenters. The smallest absolute Gasteiger partial charge is 0.324 e. The zero-order valence-corrected chi connectivity index (χ0v) is 18.6. The number of hydrogen-bond donors (Lipinski definition) is 1. The third-order valence-electron chi connectivity index (χ3n) is 6.31. The number of allylic oxidation sites excluding steroid dienone is 1. The molecule has 2 saturated heterocycles. The summed E-state index contributed by atoms with van der Waals surface area (Å²) in [5.41, 5.74) is 1.52. The molecule has 0 amide bonds. The molecule has 1 N–H and O–H groups in total. The van der Waals surface area contributed by atoms with Crippen molar-refractivity contribution in [2.45, 2.75) is 32.5 Å². The standard InChI is InChI=1S/C23H30N4O4/c1-5-30-22(29)19-20(28)18(13-16-14-25-21-17(16)7-6-10-24-21)31-23(19,26(3)4)27-11-8-15(2)9-12-27/h6-7,10,13-15,19H,5,8-9,11-12H2,1-4H3,(H,24,25). The van der Waals surface area contributed by atoms with Crippen molar-refractivity contribution in [3.8, 4) is 0 Å². The first-order chi connectivity index (χ1) is 14.9. The van der Waals surface area contributed by atoms with E-state index in [9.17, 15) is 9.59 Å². The van der Waals surface area contributed by atoms with Gasteiger partial charge in [-0.3, -0.25) is 19.4 Å². The van der Waals surface area contributed by atoms with Crippen molar-refractivity contribution in [2.75, 3.05) is 33.8 Å². The molecule has 0 radical (unpaired) electrons. The van der Waals surface area contributed by atoms with E-state index in [1.54, 1.807) is 25.4 Å². The number of nitrogens with one attached hydrogen (secondary N) is 1. The maximum absolute atomic E-state index is 13.5. The van der Waals surface area contributed by atoms with E-state index >= 15 is 0 Å². The molecule has 166 valence electrons. The van der Waals surface area contributed by atoms with Gasteiger partial charge in [-0.05, 0) is 58.0 Å². The lowest BCUT2D eigenvalue weighted by molar-refractivity contribution is -0.227. The van der Waals surface area contributed by atoms with Gasteiger partial charge in [0.1, 0.15) is 5.65 Å². The largest absolute Gasteiger partial charge is 0.465 e. The van der Waals surface area contributed by atoms with Gasteiger partial charge in [-0.15, -0.1) is 0 Å². The summed E-state index contributed by atoms with van der Waals surface area (Å²) >= 11 is 0. The van der Waals surface area contributed by atoms with E-state index in [4.69, 9.17) is 9.47 Å². The minimum Gasteiger partial charge on any atom is -0.465 e. The Balaban J connectivity index is 1.79. The van der Waals surface area contributed by atoms with Gasteiger partial charge in [0.05, 0.1) is 6.61 Å². The van der Waals surface area contributed by atoms with Crippen LogP contribution < -0.4 is 0 Å². The number of pyridine rings is 1. The number of carbonyl (C=O) groups is 2. The highest BCUT2D eigenvalue weighted by Crippen LogP contribution is 2.43. The Morgan fingerprint density at radius 2 is 2.16 bits per heavy atom. The molecule has 0 bridgehead atoms. The SMILES string of the molecule is CCOC(=O)C1C(=O)C(=Cc2c[nH]c3ncccc23)OC1(N(C)C)N1CCC(C)CC1. The highest BCUT2D eigenvalue weighted by Gasteiger charge is 2.63. The molecule has 2 aromatic heterocycles. The van der Waals surface area contributed by atoms with Gasteiger partial charge in [-0.2, -0.15) is 0 Å². The second kappa shape index (κ2) is 8.43. The predicted molar refractivity (Wildman–Crippen MR) is 117 cm³/mol. The Hall–Kier alpha value is -2.71. The number of piperidine rings is 1. The molecular weight excluding hydrogens is 396 g/mol. The fourth-order valence-corrected chi connectivity index (χ4v) is 4.62. The number of aromatic nitrogens is 2. The van der Waals surface area contributed by atoms with Crippen LogP contribution in [0.1, 0.15) is 32.3 Å². The first-order valence-corrected chi connectivity index (χ1v) is 10.8. The maximum atomic E-state index is 13.5. The van der Waals surface area contributed by atoms with Crippen molar-refractivity contribution < 1.29 is 19.1 Å². The molecule has 31 heavy (non-hydrogen) atoms. The van der Waals surface area contributed by atoms with Gasteiger partial charge in [0, 0.05) is 36.4 Å². The molecule has 2 unspecified atom stereocenters. The Labute approximate surface area is 182 Å². The van der Waals surface area contributed by atoms with Crippen molar-refractivity contribution in [1.29, 1.82) is 0 Å². The number of Topliss-reactive ketones (excluding diaryl/α,β-unsaturated/α-hetero) is 1. The molecular formula is C23H30N4O4. The zero-order valence-electron chi connectivity index (χ0n) is 18.6. The second-order valence-corrected chi connectivity index (χ2v) is 8.53. The lowest BCUT2D eigenvalue weighted by Crippen LogP contribution is -2.65. The average molecular weight is 427 g/mol. The lowest BCUT2D eigenvalue weighted by atomic mass is 9.92. The lowest BCUT2D eigenvalue weighted by Gasteiger charge is -2.48. The Morgan fingerprint density at radius 3 is 2.84 bits per heavy atom. The summed E-state index contributed by atoms with van der Waals surface area (Å²) in [4.78, 5) is 37.9. The van der Waals surface area contributed by atoms with Gasteiger partial charge in [0.15, 0.2) is 11.7 Å². The number of nitrogens with zero attached hydrogens (tertiary/aromatic N) is 3. The van der Waals surface area contributed by atoms with Crippen LogP contribution in [0.15, 0.2) is 30.3 Å². The monoisotopic (exact) mass is 426 g/mol. The topological polar surface area (TPSA) is 87.8 Å². The first-order valence-electron chi connectivity index (χ1n) is 10.8. The van der Waals surface area contributed by atoms with Crippen LogP contribution in [-0.2, 0) is 19.1 Å². The van der Waals surface area contributed by atoms with E-state index in [0.717, 1.165) is 42.5 Å². The molecule has 0 saturated carbocycles. The van der Waals surface area contributed by atoms with Crippen molar-refractivity contribution in [2.24, 2.45) is 11.8 Å². The summed E-state index contributed by atoms with van der Waals surface area (Å²) in [6, 6.07) is 3.77. The summed E-state index contributed by atoms with van der Waals surface area (Å²) in [7, 11) is 3.69. The van der Waals surface area contributed by atoms with Crippen molar-refractivity contribution >= 4 is 28.9 Å². The van der Waals surface area contributed by atoms with Crippen LogP contribution >= 0.6 is 0 Å². The molecule has 0 aliphatic carbocycles. The number of fused-ring (bicyclic) bond motifs is 1. The molecule has 0 aromatic carbocycles. The van der Waals surface area contributed by atoms with Crippen LogP contribution in [0.3, 0.4) is 0 Å². The summed E-state index contributed by atoms with van der Waals surface area (Å²) in [5, 5.41) is 0.883. The molecule has 8 nitrogen and oxygen atoms in total. The van der Waals surface area contributed by atoms with E-state index < -0.39 is 17.7 Å². The minimum absolute atomic E-state index is 0.162. The molecule has 8 heteroatoms. The number of ether oxygens (including phenoxy) is 2. The van der Waals surface area contributed by atoms with Crippen molar-refractivity contribution in [1.82, 2.24) is 19.8 Å². The highest BCUT2D eigenvalue weighted by molar-refractivity contribution is 6.12. The molecule has 4 rings (SSSR count). The molecule has 2 aromatic rings. The van der Waals surface area contributed by atoms with Crippen LogP contribution in [0.4, 0.5) is 0 Å². The third-order valence-corrected chi connectivity index (χ3v) is 6.31. The Morgan fingerprint density at radius 1 is 1.42 bits per heavy atom. The third kappa shape index (κ3) is 3.64. The van der Waals surface area contributed by atoms with Crippen LogP contribution in [0.25, 0.3) is 17.1 Å². The molecule has 0 spiro atoms. The van der Waals surface area contributed by atoms with Crippen LogP contribution in [-0.4, -0.2) is 71.2 Å². The summed E-state index contributed by atoms with van der Waals surface area (Å²) < 4.78 is 11.8. The number of ketones is 1. The molecule has 2 aliphatic heterocycles.